The zero-order valence-electron chi connectivity index (χ0n) is 16.1. The molecular weight excluding hydrogens is 345 g/mol. The summed E-state index contributed by atoms with van der Waals surface area (Å²) in [5, 5.41) is 0. The van der Waals surface area contributed by atoms with Crippen LogP contribution in [0.1, 0.15) is 47.6 Å². The van der Waals surface area contributed by atoms with Crippen molar-refractivity contribution in [2.45, 2.75) is 40.0 Å². The van der Waals surface area contributed by atoms with Gasteiger partial charge < -0.3 is 9.88 Å². The molecule has 0 aliphatic carbocycles. The number of likely N-dealkylation sites (tertiary alicyclic amines) is 1. The maximum Gasteiger partial charge on any atom is 0.345 e. The van der Waals surface area contributed by atoms with Crippen LogP contribution in [0.4, 0.5) is 4.39 Å². The van der Waals surface area contributed by atoms with Crippen LogP contribution >= 0.6 is 0 Å². The molecule has 0 spiro atoms. The van der Waals surface area contributed by atoms with Gasteiger partial charge in [0.15, 0.2) is 0 Å². The third kappa shape index (κ3) is 4.81. The predicted octanol–water partition coefficient (Wildman–Crippen LogP) is 3.12. The molecule has 1 fully saturated rings. The van der Waals surface area contributed by atoms with Crippen molar-refractivity contribution >= 4 is 5.91 Å². The Morgan fingerprint density at radius 3 is 2.85 bits per heavy atom. The molecule has 1 N–H and O–H groups in total. The number of aromatic amines is 1. The van der Waals surface area contributed by atoms with Gasteiger partial charge in [0, 0.05) is 18.8 Å². The van der Waals surface area contributed by atoms with Crippen molar-refractivity contribution in [1.29, 1.82) is 0 Å². The molecule has 1 aromatic heterocycles. The molecule has 6 heteroatoms. The average Bonchev–Trinajstić information content (AvgIpc) is 3.05. The summed E-state index contributed by atoms with van der Waals surface area (Å²) < 4.78 is 13.7. The van der Waals surface area contributed by atoms with E-state index in [9.17, 15) is 14.0 Å². The first-order chi connectivity index (χ1) is 12.8. The Kier molecular flexibility index (Phi) is 5.73. The third-order valence-electron chi connectivity index (χ3n) is 4.98. The molecule has 0 radical (unpaired) electrons. The van der Waals surface area contributed by atoms with E-state index in [-0.39, 0.29) is 23.3 Å². The molecule has 144 valence electrons. The zero-order chi connectivity index (χ0) is 19.6. The minimum Gasteiger partial charge on any atom is -0.337 e. The lowest BCUT2D eigenvalue weighted by molar-refractivity contribution is 0.0780. The number of H-pyrrole nitrogens is 1. The van der Waals surface area contributed by atoms with Crippen LogP contribution < -0.4 is 5.69 Å². The second kappa shape index (κ2) is 8.03. The van der Waals surface area contributed by atoms with Crippen molar-refractivity contribution in [3.8, 4) is 0 Å². The number of halogens is 1. The van der Waals surface area contributed by atoms with Crippen LogP contribution in [0.5, 0.6) is 0 Å². The van der Waals surface area contributed by atoms with E-state index in [0.29, 0.717) is 31.0 Å². The van der Waals surface area contributed by atoms with Crippen LogP contribution in [0.25, 0.3) is 0 Å². The molecule has 1 amide bonds. The maximum absolute atomic E-state index is 13.7. The number of hydrogen-bond donors (Lipinski definition) is 1. The number of nitrogens with zero attached hydrogens (tertiary/aromatic N) is 2. The summed E-state index contributed by atoms with van der Waals surface area (Å²) in [7, 11) is 0. The molecule has 1 aliphatic heterocycles. The first kappa shape index (κ1) is 19.3. The van der Waals surface area contributed by atoms with Crippen molar-refractivity contribution in [3.05, 3.63) is 63.1 Å². The number of aromatic nitrogens is 2. The van der Waals surface area contributed by atoms with E-state index in [2.05, 4.69) is 23.8 Å². The molecule has 1 atom stereocenters. The van der Waals surface area contributed by atoms with Gasteiger partial charge in [-0.2, -0.15) is 4.98 Å². The van der Waals surface area contributed by atoms with Crippen molar-refractivity contribution in [2.24, 2.45) is 11.8 Å². The molecular formula is C21H26FN3O2. The molecule has 1 aliphatic rings. The Bertz CT molecular complexity index is 891. The minimum atomic E-state index is -0.484. The van der Waals surface area contributed by atoms with Gasteiger partial charge in [-0.05, 0) is 61.3 Å². The van der Waals surface area contributed by atoms with Crippen molar-refractivity contribution in [3.63, 3.8) is 0 Å². The zero-order valence-corrected chi connectivity index (χ0v) is 16.1. The summed E-state index contributed by atoms with van der Waals surface area (Å²) in [5.41, 5.74) is 2.04. The second-order valence-corrected chi connectivity index (χ2v) is 7.89. The Morgan fingerprint density at radius 2 is 2.15 bits per heavy atom. The molecule has 1 unspecified atom stereocenters. The number of carbonyl (C=O) groups is 1. The van der Waals surface area contributed by atoms with Gasteiger partial charge in [0.05, 0.1) is 0 Å². The number of nitrogens with one attached hydrogen (secondary N) is 1. The van der Waals surface area contributed by atoms with E-state index in [1.54, 1.807) is 30.0 Å². The number of amides is 1. The topological polar surface area (TPSA) is 66.1 Å². The standard InChI is InChI=1S/C21H26FN3O2/c1-13(2)8-17-11-19(24-21(27)23-17)20(26)25-7-6-16(12-25)9-15-5-4-14(3)18(22)10-15/h4-5,10-11,13,16H,6-9,12H2,1-3H3,(H,23,24,27). The Labute approximate surface area is 158 Å². The first-order valence-electron chi connectivity index (χ1n) is 9.46. The summed E-state index contributed by atoms with van der Waals surface area (Å²) in [6.07, 6.45) is 2.30. The van der Waals surface area contributed by atoms with Gasteiger partial charge >= 0.3 is 5.69 Å². The predicted molar refractivity (Wildman–Crippen MR) is 102 cm³/mol. The summed E-state index contributed by atoms with van der Waals surface area (Å²) in [6.45, 7) is 7.09. The van der Waals surface area contributed by atoms with E-state index >= 15 is 0 Å². The second-order valence-electron chi connectivity index (χ2n) is 7.89. The van der Waals surface area contributed by atoms with E-state index < -0.39 is 5.69 Å². The lowest BCUT2D eigenvalue weighted by Gasteiger charge is -2.16. The van der Waals surface area contributed by atoms with Crippen molar-refractivity contribution in [1.82, 2.24) is 14.9 Å². The summed E-state index contributed by atoms with van der Waals surface area (Å²) in [5.74, 6) is 0.262. The third-order valence-corrected chi connectivity index (χ3v) is 4.98. The highest BCUT2D eigenvalue weighted by Crippen LogP contribution is 2.23. The number of carbonyl (C=O) groups excluding carboxylic acids is 1. The maximum atomic E-state index is 13.7. The SMILES string of the molecule is Cc1ccc(CC2CCN(C(=O)c3cc(CC(C)C)[nH]c(=O)n3)C2)cc1F. The first-order valence-corrected chi connectivity index (χ1v) is 9.46. The van der Waals surface area contributed by atoms with E-state index in [1.807, 2.05) is 6.07 Å². The lowest BCUT2D eigenvalue weighted by Crippen LogP contribution is -2.32. The smallest absolute Gasteiger partial charge is 0.337 e. The molecule has 0 bridgehead atoms. The van der Waals surface area contributed by atoms with E-state index in [4.69, 9.17) is 0 Å². The normalized spacial score (nSPS) is 16.9. The van der Waals surface area contributed by atoms with Gasteiger partial charge in [-0.25, -0.2) is 9.18 Å². The Morgan fingerprint density at radius 1 is 1.37 bits per heavy atom. The van der Waals surface area contributed by atoms with Gasteiger partial charge in [0.25, 0.3) is 5.91 Å². The Hall–Kier alpha value is -2.50. The Balaban J connectivity index is 1.67. The summed E-state index contributed by atoms with van der Waals surface area (Å²) >= 11 is 0. The fraction of sp³-hybridized carbons (Fsp3) is 0.476. The largest absolute Gasteiger partial charge is 0.345 e. The van der Waals surface area contributed by atoms with Gasteiger partial charge in [0.2, 0.25) is 0 Å². The monoisotopic (exact) mass is 371 g/mol. The van der Waals surface area contributed by atoms with E-state index in [1.165, 1.54) is 0 Å². The summed E-state index contributed by atoms with van der Waals surface area (Å²) in [4.78, 5) is 32.9. The van der Waals surface area contributed by atoms with Crippen LogP contribution in [0.15, 0.2) is 29.1 Å². The van der Waals surface area contributed by atoms with E-state index in [0.717, 1.165) is 24.1 Å². The molecule has 1 saturated heterocycles. The fourth-order valence-corrected chi connectivity index (χ4v) is 3.61. The number of hydrogen-bond acceptors (Lipinski definition) is 3. The number of aryl methyl sites for hydroxylation is 1. The van der Waals surface area contributed by atoms with Gasteiger partial charge in [-0.3, -0.25) is 4.79 Å². The molecule has 1 aromatic carbocycles. The summed E-state index contributed by atoms with van der Waals surface area (Å²) in [6, 6.07) is 7.00. The van der Waals surface area contributed by atoms with Gasteiger partial charge in [-0.1, -0.05) is 26.0 Å². The van der Waals surface area contributed by atoms with Gasteiger partial charge in [-0.15, -0.1) is 0 Å². The van der Waals surface area contributed by atoms with Crippen LogP contribution in [-0.2, 0) is 12.8 Å². The van der Waals surface area contributed by atoms with Crippen molar-refractivity contribution in [2.75, 3.05) is 13.1 Å². The van der Waals surface area contributed by atoms with Crippen molar-refractivity contribution < 1.29 is 9.18 Å². The average molecular weight is 371 g/mol. The minimum absolute atomic E-state index is 0.191. The quantitative estimate of drug-likeness (QED) is 0.878. The molecule has 2 heterocycles. The van der Waals surface area contributed by atoms with Gasteiger partial charge in [0.1, 0.15) is 11.5 Å². The fourth-order valence-electron chi connectivity index (χ4n) is 3.61. The molecule has 2 aromatic rings. The highest BCUT2D eigenvalue weighted by Gasteiger charge is 2.28. The lowest BCUT2D eigenvalue weighted by atomic mass is 9.98. The number of benzene rings is 1. The van der Waals surface area contributed by atoms with Crippen LogP contribution in [0.3, 0.4) is 0 Å². The highest BCUT2D eigenvalue weighted by molar-refractivity contribution is 5.92. The molecule has 3 rings (SSSR count). The van der Waals surface area contributed by atoms with Crippen LogP contribution in [0, 0.1) is 24.6 Å². The molecule has 27 heavy (non-hydrogen) atoms. The highest BCUT2D eigenvalue weighted by atomic mass is 19.1. The number of rotatable bonds is 5. The molecule has 5 nitrogen and oxygen atoms in total. The molecule has 0 saturated carbocycles. The van der Waals surface area contributed by atoms with Crippen LogP contribution in [-0.4, -0.2) is 33.9 Å². The van der Waals surface area contributed by atoms with Crippen LogP contribution in [0.2, 0.25) is 0 Å².